The van der Waals surface area contributed by atoms with Crippen LogP contribution in [0.1, 0.15) is 31.1 Å². The highest BCUT2D eigenvalue weighted by Crippen LogP contribution is 2.18. The number of nitrogens with zero attached hydrogens (tertiary/aromatic N) is 3. The predicted octanol–water partition coefficient (Wildman–Crippen LogP) is 3.52. The maximum absolute atomic E-state index is 5.47. The number of ether oxygens (including phenoxy) is 1. The van der Waals surface area contributed by atoms with Crippen LogP contribution in [-0.4, -0.2) is 21.6 Å². The van der Waals surface area contributed by atoms with E-state index in [0.717, 1.165) is 17.1 Å². The van der Waals surface area contributed by atoms with E-state index in [1.54, 1.807) is 11.0 Å². The first-order valence-electron chi connectivity index (χ1n) is 8.19. The number of benzene rings is 2. The Balaban J connectivity index is 1.58. The van der Waals surface area contributed by atoms with Crippen LogP contribution in [0.15, 0.2) is 60.8 Å². The molecule has 3 rings (SSSR count). The Morgan fingerprint density at radius 3 is 2.54 bits per heavy atom. The summed E-state index contributed by atoms with van der Waals surface area (Å²) in [6.07, 6.45) is 1.80. The summed E-state index contributed by atoms with van der Waals surface area (Å²) < 4.78 is 5.47. The molecule has 24 heavy (non-hydrogen) atoms. The molecule has 5 heteroatoms. The van der Waals surface area contributed by atoms with E-state index in [1.807, 2.05) is 49.4 Å². The summed E-state index contributed by atoms with van der Waals surface area (Å²) in [5.41, 5.74) is 3.09. The minimum atomic E-state index is 0.225. The summed E-state index contributed by atoms with van der Waals surface area (Å²) in [7, 11) is 0. The van der Waals surface area contributed by atoms with Crippen molar-refractivity contribution in [2.45, 2.75) is 26.4 Å². The molecule has 0 spiro atoms. The number of para-hydroxylation sites is 1. The van der Waals surface area contributed by atoms with Gasteiger partial charge in [-0.25, -0.2) is 0 Å². The van der Waals surface area contributed by atoms with Crippen molar-refractivity contribution in [2.75, 3.05) is 6.61 Å². The summed E-state index contributed by atoms with van der Waals surface area (Å²) in [6.45, 7) is 5.48. The lowest BCUT2D eigenvalue weighted by Crippen LogP contribution is -2.18. The summed E-state index contributed by atoms with van der Waals surface area (Å²) in [6, 6.07) is 18.3. The third-order valence-corrected chi connectivity index (χ3v) is 3.81. The van der Waals surface area contributed by atoms with Gasteiger partial charge in [-0.05, 0) is 43.7 Å². The molecule has 1 N–H and O–H groups in total. The summed E-state index contributed by atoms with van der Waals surface area (Å²) in [5.74, 6) is 0.902. The van der Waals surface area contributed by atoms with Crippen molar-refractivity contribution in [3.8, 4) is 11.4 Å². The lowest BCUT2D eigenvalue weighted by Gasteiger charge is -2.14. The molecule has 0 aliphatic heterocycles. The highest BCUT2D eigenvalue weighted by Gasteiger charge is 2.07. The molecule has 0 saturated carbocycles. The van der Waals surface area contributed by atoms with Crippen molar-refractivity contribution in [1.82, 2.24) is 20.3 Å². The van der Waals surface area contributed by atoms with Gasteiger partial charge in [0.2, 0.25) is 0 Å². The van der Waals surface area contributed by atoms with Crippen LogP contribution >= 0.6 is 0 Å². The van der Waals surface area contributed by atoms with E-state index in [9.17, 15) is 0 Å². The van der Waals surface area contributed by atoms with Crippen LogP contribution in [0.4, 0.5) is 0 Å². The average Bonchev–Trinajstić information content (AvgIpc) is 3.10. The van der Waals surface area contributed by atoms with Gasteiger partial charge in [0.25, 0.3) is 0 Å². The van der Waals surface area contributed by atoms with Crippen LogP contribution in [-0.2, 0) is 6.54 Å². The Labute approximate surface area is 142 Å². The van der Waals surface area contributed by atoms with Gasteiger partial charge in [-0.15, -0.1) is 0 Å². The van der Waals surface area contributed by atoms with Gasteiger partial charge in [0.15, 0.2) is 0 Å². The quantitative estimate of drug-likeness (QED) is 0.723. The van der Waals surface area contributed by atoms with Gasteiger partial charge in [0, 0.05) is 12.6 Å². The van der Waals surface area contributed by atoms with E-state index >= 15 is 0 Å². The van der Waals surface area contributed by atoms with Crippen molar-refractivity contribution >= 4 is 0 Å². The second-order valence-electron chi connectivity index (χ2n) is 5.57. The molecule has 0 amide bonds. The van der Waals surface area contributed by atoms with Gasteiger partial charge in [-0.2, -0.15) is 15.0 Å². The molecule has 5 nitrogen and oxygen atoms in total. The molecular weight excluding hydrogens is 300 g/mol. The first-order chi connectivity index (χ1) is 11.8. The molecule has 1 atom stereocenters. The van der Waals surface area contributed by atoms with Gasteiger partial charge in [-0.1, -0.05) is 30.3 Å². The fourth-order valence-electron chi connectivity index (χ4n) is 2.46. The SMILES string of the molecule is CCOc1ccc(C(C)NCc2cnn(-c3ccccc3)n2)cc1. The molecule has 1 aromatic heterocycles. The zero-order valence-corrected chi connectivity index (χ0v) is 14.0. The second-order valence-corrected chi connectivity index (χ2v) is 5.57. The highest BCUT2D eigenvalue weighted by atomic mass is 16.5. The molecular formula is C19H22N4O. The number of rotatable bonds is 7. The maximum Gasteiger partial charge on any atom is 0.119 e. The monoisotopic (exact) mass is 322 g/mol. The van der Waals surface area contributed by atoms with Gasteiger partial charge < -0.3 is 10.1 Å². The molecule has 3 aromatic rings. The predicted molar refractivity (Wildman–Crippen MR) is 94.2 cm³/mol. The molecule has 1 unspecified atom stereocenters. The summed E-state index contributed by atoms with van der Waals surface area (Å²) >= 11 is 0. The maximum atomic E-state index is 5.47. The van der Waals surface area contributed by atoms with Crippen LogP contribution in [0.5, 0.6) is 5.75 Å². The first kappa shape index (κ1) is 16.2. The number of hydrogen-bond acceptors (Lipinski definition) is 4. The van der Waals surface area contributed by atoms with Crippen LogP contribution < -0.4 is 10.1 Å². The van der Waals surface area contributed by atoms with Crippen molar-refractivity contribution < 1.29 is 4.74 Å². The number of nitrogens with one attached hydrogen (secondary N) is 1. The summed E-state index contributed by atoms with van der Waals surface area (Å²) in [5, 5.41) is 12.3. The number of aromatic nitrogens is 3. The smallest absolute Gasteiger partial charge is 0.119 e. The average molecular weight is 322 g/mol. The molecule has 0 fully saturated rings. The van der Waals surface area contributed by atoms with E-state index in [0.29, 0.717) is 13.2 Å². The topological polar surface area (TPSA) is 52.0 Å². The van der Waals surface area contributed by atoms with E-state index in [2.05, 4.69) is 34.6 Å². The minimum absolute atomic E-state index is 0.225. The molecule has 0 aliphatic rings. The molecule has 1 heterocycles. The van der Waals surface area contributed by atoms with Crippen molar-refractivity contribution in [1.29, 1.82) is 0 Å². The zero-order chi connectivity index (χ0) is 16.8. The highest BCUT2D eigenvalue weighted by molar-refractivity contribution is 5.29. The lowest BCUT2D eigenvalue weighted by molar-refractivity contribution is 0.340. The normalized spacial score (nSPS) is 12.1. The van der Waals surface area contributed by atoms with Crippen molar-refractivity contribution in [3.05, 3.63) is 72.1 Å². The fraction of sp³-hybridized carbons (Fsp3) is 0.263. The Morgan fingerprint density at radius 1 is 1.08 bits per heavy atom. The van der Waals surface area contributed by atoms with Gasteiger partial charge in [0.05, 0.1) is 24.2 Å². The standard InChI is InChI=1S/C19H22N4O/c1-3-24-19-11-9-16(10-12-19)15(2)20-13-17-14-21-23(22-17)18-7-5-4-6-8-18/h4-12,14-15,20H,3,13H2,1-2H3. The minimum Gasteiger partial charge on any atom is -0.494 e. The lowest BCUT2D eigenvalue weighted by atomic mass is 10.1. The molecule has 2 aromatic carbocycles. The van der Waals surface area contributed by atoms with Gasteiger partial charge in [-0.3, -0.25) is 0 Å². The molecule has 0 radical (unpaired) electrons. The van der Waals surface area contributed by atoms with Gasteiger partial charge >= 0.3 is 0 Å². The Morgan fingerprint density at radius 2 is 1.83 bits per heavy atom. The molecule has 0 aliphatic carbocycles. The third-order valence-electron chi connectivity index (χ3n) is 3.81. The van der Waals surface area contributed by atoms with E-state index < -0.39 is 0 Å². The second kappa shape index (κ2) is 7.75. The van der Waals surface area contributed by atoms with Crippen molar-refractivity contribution in [2.24, 2.45) is 0 Å². The molecule has 124 valence electrons. The van der Waals surface area contributed by atoms with Crippen LogP contribution in [0.2, 0.25) is 0 Å². The summed E-state index contributed by atoms with van der Waals surface area (Å²) in [4.78, 5) is 1.65. The fourth-order valence-corrected chi connectivity index (χ4v) is 2.46. The first-order valence-corrected chi connectivity index (χ1v) is 8.19. The largest absolute Gasteiger partial charge is 0.494 e. The number of hydrogen-bond donors (Lipinski definition) is 1. The molecule has 0 saturated heterocycles. The Bertz CT molecular complexity index is 753. The zero-order valence-electron chi connectivity index (χ0n) is 14.0. The van der Waals surface area contributed by atoms with E-state index in [1.165, 1.54) is 5.56 Å². The van der Waals surface area contributed by atoms with Gasteiger partial charge in [0.1, 0.15) is 5.75 Å². The van der Waals surface area contributed by atoms with E-state index in [4.69, 9.17) is 4.74 Å². The van der Waals surface area contributed by atoms with Crippen LogP contribution in [0.3, 0.4) is 0 Å². The van der Waals surface area contributed by atoms with Crippen molar-refractivity contribution in [3.63, 3.8) is 0 Å². The van der Waals surface area contributed by atoms with Crippen LogP contribution in [0.25, 0.3) is 5.69 Å². The van der Waals surface area contributed by atoms with E-state index in [-0.39, 0.29) is 6.04 Å². The Hall–Kier alpha value is -2.66. The van der Waals surface area contributed by atoms with Crippen LogP contribution in [0, 0.1) is 0 Å². The molecule has 0 bridgehead atoms. The third kappa shape index (κ3) is 4.00. The Kier molecular flexibility index (Phi) is 5.23.